The van der Waals surface area contributed by atoms with Crippen molar-refractivity contribution < 1.29 is 18.7 Å². The molecule has 3 aromatic carbocycles. The van der Waals surface area contributed by atoms with E-state index >= 15 is 4.39 Å². The van der Waals surface area contributed by atoms with Crippen LogP contribution in [0.15, 0.2) is 66.7 Å². The Morgan fingerprint density at radius 3 is 1.98 bits per heavy atom. The lowest BCUT2D eigenvalue weighted by Crippen LogP contribution is -2.15. The summed E-state index contributed by atoms with van der Waals surface area (Å²) in [6, 6.07) is 20.3. The number of hydrogen-bond donors (Lipinski definition) is 0. The summed E-state index contributed by atoms with van der Waals surface area (Å²) < 4.78 is 26.5. The SMILES string of the molecule is CCCCCCCC1CCC(c2ccc(C(=O)Oc3ccc(-c4ccc(OCCCCC)cc4)cc3)cc2F)CC1. The molecule has 220 valence electrons. The Hall–Kier alpha value is -3.14. The third kappa shape index (κ3) is 9.45. The highest BCUT2D eigenvalue weighted by Crippen LogP contribution is 2.39. The molecule has 1 aliphatic rings. The van der Waals surface area contributed by atoms with Crippen molar-refractivity contribution >= 4 is 5.97 Å². The fraction of sp³-hybridized carbons (Fsp3) is 0.486. The average molecular weight is 559 g/mol. The first-order valence-electron chi connectivity index (χ1n) is 15.9. The summed E-state index contributed by atoms with van der Waals surface area (Å²) >= 11 is 0. The van der Waals surface area contributed by atoms with Gasteiger partial charge >= 0.3 is 5.97 Å². The van der Waals surface area contributed by atoms with Crippen molar-refractivity contribution in [3.63, 3.8) is 0 Å². The van der Waals surface area contributed by atoms with Crippen LogP contribution in [0.4, 0.5) is 4.39 Å². The van der Waals surface area contributed by atoms with Crippen LogP contribution < -0.4 is 9.47 Å². The highest BCUT2D eigenvalue weighted by atomic mass is 19.1. The maximum Gasteiger partial charge on any atom is 0.343 e. The second kappa shape index (κ2) is 16.3. The van der Waals surface area contributed by atoms with Crippen LogP contribution in [0.1, 0.15) is 119 Å². The van der Waals surface area contributed by atoms with Gasteiger partial charge < -0.3 is 9.47 Å². The summed E-state index contributed by atoms with van der Waals surface area (Å²) in [6.45, 7) is 5.17. The van der Waals surface area contributed by atoms with Crippen molar-refractivity contribution in [2.45, 2.75) is 103 Å². The summed E-state index contributed by atoms with van der Waals surface area (Å²) in [7, 11) is 0. The third-order valence-electron chi connectivity index (χ3n) is 8.51. The molecule has 0 atom stereocenters. The fourth-order valence-electron chi connectivity index (χ4n) is 5.95. The number of ether oxygens (including phenoxy) is 2. The number of hydrogen-bond acceptors (Lipinski definition) is 3. The summed E-state index contributed by atoms with van der Waals surface area (Å²) in [5.74, 6) is 1.49. The molecule has 1 fully saturated rings. The van der Waals surface area contributed by atoms with E-state index in [0.29, 0.717) is 5.75 Å². The molecule has 4 rings (SSSR count). The number of unbranched alkanes of at least 4 members (excludes halogenated alkanes) is 6. The molecule has 1 aliphatic carbocycles. The summed E-state index contributed by atoms with van der Waals surface area (Å²) in [6.07, 6.45) is 15.8. The van der Waals surface area contributed by atoms with Gasteiger partial charge in [-0.1, -0.05) is 95.5 Å². The number of carbonyl (C=O) groups excluding carboxylic acids is 1. The zero-order valence-electron chi connectivity index (χ0n) is 25.0. The first-order valence-corrected chi connectivity index (χ1v) is 15.9. The number of carbonyl (C=O) groups is 1. The molecule has 0 spiro atoms. The molecule has 0 N–H and O–H groups in total. The van der Waals surface area contributed by atoms with E-state index in [4.69, 9.17) is 9.47 Å². The predicted octanol–water partition coefficient (Wildman–Crippen LogP) is 10.9. The lowest BCUT2D eigenvalue weighted by atomic mass is 9.76. The van der Waals surface area contributed by atoms with Crippen LogP contribution in [0, 0.1) is 11.7 Å². The van der Waals surface area contributed by atoms with Crippen LogP contribution in [0.25, 0.3) is 11.1 Å². The molecule has 0 bridgehead atoms. The van der Waals surface area contributed by atoms with E-state index in [1.807, 2.05) is 36.4 Å². The first kappa shape index (κ1) is 30.8. The first-order chi connectivity index (χ1) is 20.1. The van der Waals surface area contributed by atoms with Gasteiger partial charge in [0.25, 0.3) is 0 Å². The van der Waals surface area contributed by atoms with Gasteiger partial charge in [-0.15, -0.1) is 0 Å². The zero-order chi connectivity index (χ0) is 28.9. The highest BCUT2D eigenvalue weighted by molar-refractivity contribution is 5.91. The molecule has 0 radical (unpaired) electrons. The minimum Gasteiger partial charge on any atom is -0.494 e. The summed E-state index contributed by atoms with van der Waals surface area (Å²) in [5, 5.41) is 0. The normalized spacial score (nSPS) is 16.9. The van der Waals surface area contributed by atoms with E-state index < -0.39 is 5.97 Å². The Kier molecular flexibility index (Phi) is 12.3. The van der Waals surface area contributed by atoms with Gasteiger partial charge in [0.1, 0.15) is 17.3 Å². The molecule has 4 heteroatoms. The van der Waals surface area contributed by atoms with Crippen LogP contribution in [-0.4, -0.2) is 12.6 Å². The Morgan fingerprint density at radius 2 is 1.34 bits per heavy atom. The molecule has 0 heterocycles. The van der Waals surface area contributed by atoms with Crippen molar-refractivity contribution in [3.05, 3.63) is 83.7 Å². The Labute approximate surface area is 246 Å². The fourth-order valence-corrected chi connectivity index (χ4v) is 5.95. The largest absolute Gasteiger partial charge is 0.494 e. The van der Waals surface area contributed by atoms with Crippen molar-refractivity contribution in [1.29, 1.82) is 0 Å². The summed E-state index contributed by atoms with van der Waals surface area (Å²) in [4.78, 5) is 12.8. The molecule has 0 aliphatic heterocycles. The lowest BCUT2D eigenvalue weighted by Gasteiger charge is -2.29. The minimum atomic E-state index is -0.542. The molecule has 0 unspecified atom stereocenters. The van der Waals surface area contributed by atoms with Gasteiger partial charge in [0.15, 0.2) is 0 Å². The van der Waals surface area contributed by atoms with Crippen LogP contribution in [0.5, 0.6) is 11.5 Å². The number of esters is 1. The quantitative estimate of drug-likeness (QED) is 0.106. The Bertz CT molecular complexity index is 1190. The topological polar surface area (TPSA) is 35.5 Å². The maximum absolute atomic E-state index is 15.1. The second-order valence-electron chi connectivity index (χ2n) is 11.7. The van der Waals surface area contributed by atoms with Gasteiger partial charge in [0, 0.05) is 0 Å². The molecule has 1 saturated carbocycles. The van der Waals surface area contributed by atoms with Crippen molar-refractivity contribution in [3.8, 4) is 22.6 Å². The van der Waals surface area contributed by atoms with Crippen molar-refractivity contribution in [2.24, 2.45) is 5.92 Å². The Balaban J connectivity index is 1.26. The van der Waals surface area contributed by atoms with Gasteiger partial charge in [-0.25, -0.2) is 9.18 Å². The highest BCUT2D eigenvalue weighted by Gasteiger charge is 2.25. The molecule has 41 heavy (non-hydrogen) atoms. The van der Waals surface area contributed by atoms with Crippen LogP contribution in [0.3, 0.4) is 0 Å². The number of benzene rings is 3. The maximum atomic E-state index is 15.1. The second-order valence-corrected chi connectivity index (χ2v) is 11.7. The standard InChI is InChI=1S/C37H47FO3/c1-3-5-7-8-9-11-28-12-14-31(15-13-28)35-25-20-32(27-36(35)38)37(39)41-34-23-18-30(19-24-34)29-16-21-33(22-17-29)40-26-10-6-4-2/h16-25,27-28,31H,3-15,26H2,1-2H3. The van der Waals surface area contributed by atoms with Crippen LogP contribution in [0.2, 0.25) is 0 Å². The minimum absolute atomic E-state index is 0.241. The van der Waals surface area contributed by atoms with E-state index in [0.717, 1.165) is 54.2 Å². The van der Waals surface area contributed by atoms with E-state index in [1.54, 1.807) is 24.3 Å². The van der Waals surface area contributed by atoms with Crippen LogP contribution in [-0.2, 0) is 0 Å². The van der Waals surface area contributed by atoms with E-state index in [-0.39, 0.29) is 17.3 Å². The smallest absolute Gasteiger partial charge is 0.343 e. The molecule has 0 aromatic heterocycles. The third-order valence-corrected chi connectivity index (χ3v) is 8.51. The predicted molar refractivity (Wildman–Crippen MR) is 166 cm³/mol. The lowest BCUT2D eigenvalue weighted by molar-refractivity contribution is 0.0734. The van der Waals surface area contributed by atoms with Gasteiger partial charge in [0.05, 0.1) is 12.2 Å². The van der Waals surface area contributed by atoms with E-state index in [1.165, 1.54) is 70.3 Å². The molecule has 3 nitrogen and oxygen atoms in total. The zero-order valence-corrected chi connectivity index (χ0v) is 25.0. The van der Waals surface area contributed by atoms with Crippen molar-refractivity contribution in [1.82, 2.24) is 0 Å². The van der Waals surface area contributed by atoms with E-state index in [2.05, 4.69) is 13.8 Å². The van der Waals surface area contributed by atoms with Crippen molar-refractivity contribution in [2.75, 3.05) is 6.61 Å². The molecule has 0 amide bonds. The molecule has 0 saturated heterocycles. The van der Waals surface area contributed by atoms with Gasteiger partial charge in [-0.2, -0.15) is 0 Å². The Morgan fingerprint density at radius 1 is 0.732 bits per heavy atom. The summed E-state index contributed by atoms with van der Waals surface area (Å²) in [5.41, 5.74) is 3.06. The van der Waals surface area contributed by atoms with Crippen LogP contribution >= 0.6 is 0 Å². The van der Waals surface area contributed by atoms with Gasteiger partial charge in [-0.05, 0) is 97.0 Å². The monoisotopic (exact) mass is 558 g/mol. The molecular weight excluding hydrogens is 511 g/mol. The average Bonchev–Trinajstić information content (AvgIpc) is 3.00. The van der Waals surface area contributed by atoms with Gasteiger partial charge in [-0.3, -0.25) is 0 Å². The number of halogens is 1. The molecular formula is C37H47FO3. The number of rotatable bonds is 15. The van der Waals surface area contributed by atoms with Gasteiger partial charge in [0.2, 0.25) is 0 Å². The molecule has 3 aromatic rings. The van der Waals surface area contributed by atoms with E-state index in [9.17, 15) is 4.79 Å².